The highest BCUT2D eigenvalue weighted by Crippen LogP contribution is 2.49. The van der Waals surface area contributed by atoms with Gasteiger partial charge in [-0.1, -0.05) is 30.3 Å². The Balaban J connectivity index is 1.48. The van der Waals surface area contributed by atoms with Crippen LogP contribution in [0.5, 0.6) is 0 Å². The van der Waals surface area contributed by atoms with Crippen molar-refractivity contribution in [3.63, 3.8) is 0 Å². The lowest BCUT2D eigenvalue weighted by Crippen LogP contribution is -2.18. The molecule has 0 amide bonds. The summed E-state index contributed by atoms with van der Waals surface area (Å²) < 4.78 is 0. The molecule has 2 fully saturated rings. The van der Waals surface area contributed by atoms with Gasteiger partial charge in [-0.3, -0.25) is 0 Å². The molecule has 2 aromatic rings. The lowest BCUT2D eigenvalue weighted by atomic mass is 9.98. The minimum atomic E-state index is 0.937. The first-order valence-corrected chi connectivity index (χ1v) is 7.63. The van der Waals surface area contributed by atoms with Crippen molar-refractivity contribution < 1.29 is 0 Å². The van der Waals surface area contributed by atoms with Crippen molar-refractivity contribution >= 4 is 16.5 Å². The molecule has 1 N–H and O–H groups in total. The summed E-state index contributed by atoms with van der Waals surface area (Å²) in [5.74, 6) is 2.99. The summed E-state index contributed by atoms with van der Waals surface area (Å²) in [6, 6.07) is 15.3. The van der Waals surface area contributed by atoms with E-state index in [0.717, 1.165) is 17.8 Å². The summed E-state index contributed by atoms with van der Waals surface area (Å²) in [5, 5.41) is 6.34. The van der Waals surface area contributed by atoms with Gasteiger partial charge in [0, 0.05) is 12.2 Å². The van der Waals surface area contributed by atoms with E-state index in [4.69, 9.17) is 0 Å². The quantitative estimate of drug-likeness (QED) is 0.813. The number of benzene rings is 2. The maximum atomic E-state index is 3.68. The molecule has 1 heteroatoms. The molecule has 0 aromatic heterocycles. The molecule has 2 aliphatic carbocycles. The normalized spacial score (nSPS) is 19.0. The van der Waals surface area contributed by atoms with E-state index in [1.165, 1.54) is 48.7 Å². The van der Waals surface area contributed by atoms with E-state index < -0.39 is 0 Å². The predicted octanol–water partition coefficient (Wildman–Crippen LogP) is 4.69. The first-order chi connectivity index (χ1) is 9.40. The van der Waals surface area contributed by atoms with Crippen molar-refractivity contribution in [2.24, 2.45) is 17.8 Å². The van der Waals surface area contributed by atoms with Crippen LogP contribution >= 0.6 is 0 Å². The summed E-state index contributed by atoms with van der Waals surface area (Å²) in [4.78, 5) is 0. The van der Waals surface area contributed by atoms with E-state index in [0.29, 0.717) is 0 Å². The monoisotopic (exact) mass is 251 g/mol. The zero-order valence-corrected chi connectivity index (χ0v) is 11.3. The average Bonchev–Trinajstić information content (AvgIpc) is 3.32. The smallest absolute Gasteiger partial charge is 0.0346 e. The highest BCUT2D eigenvalue weighted by atomic mass is 14.9. The number of fused-ring (bicyclic) bond motifs is 1. The Hall–Kier alpha value is -1.50. The van der Waals surface area contributed by atoms with Crippen molar-refractivity contribution in [3.8, 4) is 0 Å². The van der Waals surface area contributed by atoms with Crippen LogP contribution in [0, 0.1) is 17.8 Å². The second kappa shape index (κ2) is 4.56. The molecule has 0 aliphatic heterocycles. The SMILES string of the molecule is c1ccc2cc(NCC(C3CC3)C3CC3)ccc2c1. The lowest BCUT2D eigenvalue weighted by Gasteiger charge is -2.17. The summed E-state index contributed by atoms with van der Waals surface area (Å²) in [6.45, 7) is 1.17. The highest BCUT2D eigenvalue weighted by molar-refractivity contribution is 5.85. The number of anilines is 1. The molecule has 0 radical (unpaired) electrons. The zero-order valence-electron chi connectivity index (χ0n) is 11.3. The van der Waals surface area contributed by atoms with Gasteiger partial charge in [-0.05, 0) is 66.3 Å². The fourth-order valence-electron chi connectivity index (χ4n) is 3.30. The van der Waals surface area contributed by atoms with Crippen LogP contribution in [0.2, 0.25) is 0 Å². The molecule has 0 unspecified atom stereocenters. The molecule has 19 heavy (non-hydrogen) atoms. The number of hydrogen-bond donors (Lipinski definition) is 1. The van der Waals surface area contributed by atoms with Crippen LogP contribution in [0.25, 0.3) is 10.8 Å². The largest absolute Gasteiger partial charge is 0.385 e. The van der Waals surface area contributed by atoms with Crippen LogP contribution in [-0.2, 0) is 0 Å². The molecule has 2 aliphatic rings. The van der Waals surface area contributed by atoms with Crippen LogP contribution in [-0.4, -0.2) is 6.54 Å². The second-order valence-electron chi connectivity index (χ2n) is 6.28. The van der Waals surface area contributed by atoms with Crippen molar-refractivity contribution in [1.82, 2.24) is 0 Å². The van der Waals surface area contributed by atoms with Crippen LogP contribution in [0.4, 0.5) is 5.69 Å². The van der Waals surface area contributed by atoms with E-state index in [2.05, 4.69) is 47.8 Å². The third-order valence-electron chi connectivity index (χ3n) is 4.75. The first kappa shape index (κ1) is 11.3. The topological polar surface area (TPSA) is 12.0 Å². The minimum Gasteiger partial charge on any atom is -0.385 e. The Bertz CT molecular complexity index is 569. The van der Waals surface area contributed by atoms with Gasteiger partial charge in [-0.25, -0.2) is 0 Å². The summed E-state index contributed by atoms with van der Waals surface area (Å²) in [7, 11) is 0. The van der Waals surface area contributed by atoms with Crippen LogP contribution in [0.3, 0.4) is 0 Å². The Morgan fingerprint density at radius 3 is 2.26 bits per heavy atom. The molecule has 0 heterocycles. The molecule has 0 bridgehead atoms. The number of nitrogens with one attached hydrogen (secondary N) is 1. The Labute approximate surface area is 115 Å². The summed E-state index contributed by atoms with van der Waals surface area (Å²) >= 11 is 0. The standard InChI is InChI=1S/C18H21N/c1-2-4-16-11-17(10-9-13(16)3-1)19-12-18(14-5-6-14)15-7-8-15/h1-4,9-11,14-15,18-19H,5-8,12H2. The van der Waals surface area contributed by atoms with Gasteiger partial charge >= 0.3 is 0 Å². The number of hydrogen-bond acceptors (Lipinski definition) is 1. The van der Waals surface area contributed by atoms with Crippen LogP contribution in [0.15, 0.2) is 42.5 Å². The molecule has 1 nitrogen and oxygen atoms in total. The fraction of sp³-hybridized carbons (Fsp3) is 0.444. The Morgan fingerprint density at radius 2 is 1.58 bits per heavy atom. The average molecular weight is 251 g/mol. The van der Waals surface area contributed by atoms with Gasteiger partial charge in [0.1, 0.15) is 0 Å². The third-order valence-corrected chi connectivity index (χ3v) is 4.75. The van der Waals surface area contributed by atoms with E-state index in [-0.39, 0.29) is 0 Å². The maximum absolute atomic E-state index is 3.68. The van der Waals surface area contributed by atoms with Crippen LogP contribution < -0.4 is 5.32 Å². The third kappa shape index (κ3) is 2.47. The molecular formula is C18H21N. The zero-order chi connectivity index (χ0) is 12.7. The molecular weight excluding hydrogens is 230 g/mol. The number of rotatable bonds is 5. The van der Waals surface area contributed by atoms with Gasteiger partial charge < -0.3 is 5.32 Å². The fourth-order valence-corrected chi connectivity index (χ4v) is 3.30. The Morgan fingerprint density at radius 1 is 0.895 bits per heavy atom. The molecule has 4 rings (SSSR count). The van der Waals surface area contributed by atoms with Crippen molar-refractivity contribution in [3.05, 3.63) is 42.5 Å². The van der Waals surface area contributed by atoms with Crippen LogP contribution in [0.1, 0.15) is 25.7 Å². The summed E-state index contributed by atoms with van der Waals surface area (Å²) in [5.41, 5.74) is 1.28. The molecule has 0 spiro atoms. The molecule has 98 valence electrons. The van der Waals surface area contributed by atoms with E-state index in [9.17, 15) is 0 Å². The molecule has 2 aromatic carbocycles. The molecule has 2 saturated carbocycles. The van der Waals surface area contributed by atoms with Gasteiger partial charge in [0.25, 0.3) is 0 Å². The van der Waals surface area contributed by atoms with Crippen molar-refractivity contribution in [2.45, 2.75) is 25.7 Å². The van der Waals surface area contributed by atoms with E-state index in [1.54, 1.807) is 0 Å². The highest BCUT2D eigenvalue weighted by Gasteiger charge is 2.40. The lowest BCUT2D eigenvalue weighted by molar-refractivity contribution is 0.428. The predicted molar refractivity (Wildman–Crippen MR) is 81.4 cm³/mol. The van der Waals surface area contributed by atoms with Gasteiger partial charge in [-0.2, -0.15) is 0 Å². The van der Waals surface area contributed by atoms with Gasteiger partial charge in [0.2, 0.25) is 0 Å². The molecule has 0 saturated heterocycles. The van der Waals surface area contributed by atoms with E-state index >= 15 is 0 Å². The minimum absolute atomic E-state index is 0.937. The first-order valence-electron chi connectivity index (χ1n) is 7.63. The van der Waals surface area contributed by atoms with E-state index in [1.807, 2.05) is 0 Å². The van der Waals surface area contributed by atoms with Crippen molar-refractivity contribution in [2.75, 3.05) is 11.9 Å². The summed E-state index contributed by atoms with van der Waals surface area (Å²) in [6.07, 6.45) is 5.89. The van der Waals surface area contributed by atoms with Gasteiger partial charge in [0.05, 0.1) is 0 Å². The maximum Gasteiger partial charge on any atom is 0.0346 e. The van der Waals surface area contributed by atoms with Gasteiger partial charge in [0.15, 0.2) is 0 Å². The molecule has 0 atom stereocenters. The van der Waals surface area contributed by atoms with Gasteiger partial charge in [-0.15, -0.1) is 0 Å². The van der Waals surface area contributed by atoms with Crippen molar-refractivity contribution in [1.29, 1.82) is 0 Å². The second-order valence-corrected chi connectivity index (χ2v) is 6.28. The Kier molecular flexibility index (Phi) is 2.72.